The molecule has 0 heterocycles. The van der Waals surface area contributed by atoms with Crippen LogP contribution in [0.25, 0.3) is 6.08 Å². The van der Waals surface area contributed by atoms with E-state index in [0.717, 1.165) is 23.9 Å². The van der Waals surface area contributed by atoms with E-state index >= 15 is 0 Å². The number of halogens is 4. The van der Waals surface area contributed by atoms with Crippen molar-refractivity contribution in [3.8, 4) is 0 Å². The van der Waals surface area contributed by atoms with E-state index in [-0.39, 0.29) is 16.9 Å². The number of rotatable bonds is 10. The van der Waals surface area contributed by atoms with Gasteiger partial charge in [-0.25, -0.2) is 4.39 Å². The topological polar surface area (TPSA) is 87.3 Å². The van der Waals surface area contributed by atoms with Crippen molar-refractivity contribution in [2.24, 2.45) is 0 Å². The van der Waals surface area contributed by atoms with Crippen LogP contribution in [0.15, 0.2) is 144 Å². The van der Waals surface area contributed by atoms with Crippen LogP contribution in [0.3, 0.4) is 0 Å². The van der Waals surface area contributed by atoms with Gasteiger partial charge in [0.2, 0.25) is 5.91 Å². The third-order valence-corrected chi connectivity index (χ3v) is 8.13. The van der Waals surface area contributed by atoms with Crippen LogP contribution in [-0.2, 0) is 15.8 Å². The fourth-order valence-corrected chi connectivity index (χ4v) is 5.64. The molecule has 0 aliphatic rings. The Labute approximate surface area is 277 Å². The van der Waals surface area contributed by atoms with Crippen molar-refractivity contribution in [1.82, 2.24) is 5.32 Å². The zero-order valence-electron chi connectivity index (χ0n) is 25.0. The number of anilines is 2. The molecule has 3 N–H and O–H groups in total. The molecule has 5 aromatic carbocycles. The van der Waals surface area contributed by atoms with Gasteiger partial charge in [0.1, 0.15) is 16.8 Å². The van der Waals surface area contributed by atoms with Crippen molar-refractivity contribution in [1.29, 1.82) is 0 Å². The molecule has 5 aromatic rings. The summed E-state index contributed by atoms with van der Waals surface area (Å²) >= 11 is 1.12. The normalized spacial score (nSPS) is 12.1. The molecule has 0 radical (unpaired) electrons. The lowest BCUT2D eigenvalue weighted by atomic mass is 10.1. The molecule has 0 bridgehead atoms. The Bertz CT molecular complexity index is 1950. The van der Waals surface area contributed by atoms with E-state index in [1.807, 2.05) is 0 Å². The second-order valence-corrected chi connectivity index (χ2v) is 11.5. The van der Waals surface area contributed by atoms with Gasteiger partial charge < -0.3 is 16.0 Å². The van der Waals surface area contributed by atoms with Crippen LogP contribution in [0.5, 0.6) is 0 Å². The van der Waals surface area contributed by atoms with Gasteiger partial charge in [-0.15, -0.1) is 11.8 Å². The molecule has 5 rings (SSSR count). The Kier molecular flexibility index (Phi) is 10.7. The second-order valence-electron chi connectivity index (χ2n) is 10.4. The van der Waals surface area contributed by atoms with E-state index < -0.39 is 40.5 Å². The predicted molar refractivity (Wildman–Crippen MR) is 178 cm³/mol. The maximum absolute atomic E-state index is 14.5. The largest absolute Gasteiger partial charge is 0.416 e. The van der Waals surface area contributed by atoms with Crippen molar-refractivity contribution in [3.05, 3.63) is 167 Å². The highest BCUT2D eigenvalue weighted by Crippen LogP contribution is 2.38. The molecular weight excluding hydrogens is 642 g/mol. The molecule has 0 spiro atoms. The summed E-state index contributed by atoms with van der Waals surface area (Å²) in [7, 11) is 0. The van der Waals surface area contributed by atoms with Crippen molar-refractivity contribution in [3.63, 3.8) is 0 Å². The minimum atomic E-state index is -4.58. The first-order valence-electron chi connectivity index (χ1n) is 14.5. The zero-order chi connectivity index (χ0) is 34.1. The summed E-state index contributed by atoms with van der Waals surface area (Å²) in [5.41, 5.74) is 0.162. The van der Waals surface area contributed by atoms with Gasteiger partial charge >= 0.3 is 6.18 Å². The third-order valence-electron chi connectivity index (χ3n) is 6.88. The maximum Gasteiger partial charge on any atom is 0.416 e. The summed E-state index contributed by atoms with van der Waals surface area (Å²) in [5, 5.41) is 6.99. The molecule has 0 saturated carbocycles. The van der Waals surface area contributed by atoms with Crippen LogP contribution >= 0.6 is 11.8 Å². The fourth-order valence-electron chi connectivity index (χ4n) is 4.55. The number of hydrogen-bond acceptors (Lipinski definition) is 4. The first kappa shape index (κ1) is 33.7. The Balaban J connectivity index is 1.38. The lowest BCUT2D eigenvalue weighted by molar-refractivity contribution is -0.137. The van der Waals surface area contributed by atoms with Crippen LogP contribution in [0.4, 0.5) is 28.9 Å². The Morgan fingerprint density at radius 3 is 2.00 bits per heavy atom. The van der Waals surface area contributed by atoms with Gasteiger partial charge in [0.05, 0.1) is 5.56 Å². The van der Waals surface area contributed by atoms with Crippen molar-refractivity contribution in [2.45, 2.75) is 16.3 Å². The zero-order valence-corrected chi connectivity index (χ0v) is 25.8. The molecule has 48 heavy (non-hydrogen) atoms. The highest BCUT2D eigenvalue weighted by Gasteiger charge is 2.31. The molecule has 0 aliphatic carbocycles. The lowest BCUT2D eigenvalue weighted by Gasteiger charge is -2.18. The molecule has 242 valence electrons. The van der Waals surface area contributed by atoms with Gasteiger partial charge in [-0.05, 0) is 66.2 Å². The monoisotopic (exact) mass is 669 g/mol. The van der Waals surface area contributed by atoms with Gasteiger partial charge in [0, 0.05) is 27.4 Å². The highest BCUT2D eigenvalue weighted by molar-refractivity contribution is 8.00. The molecular formula is C37H27F4N3O3S. The lowest BCUT2D eigenvalue weighted by Crippen LogP contribution is -2.30. The van der Waals surface area contributed by atoms with Crippen molar-refractivity contribution >= 4 is 46.9 Å². The Morgan fingerprint density at radius 1 is 0.688 bits per heavy atom. The number of alkyl halides is 3. The van der Waals surface area contributed by atoms with Gasteiger partial charge in [-0.2, -0.15) is 13.2 Å². The molecule has 11 heteroatoms. The average molecular weight is 670 g/mol. The summed E-state index contributed by atoms with van der Waals surface area (Å²) < 4.78 is 54.3. The van der Waals surface area contributed by atoms with E-state index in [0.29, 0.717) is 21.7 Å². The number of thioether (sulfide) groups is 1. The summed E-state index contributed by atoms with van der Waals surface area (Å²) in [6.45, 7) is 0. The van der Waals surface area contributed by atoms with Crippen LogP contribution in [0, 0.1) is 5.82 Å². The number of nitrogens with one attached hydrogen (secondary N) is 3. The molecule has 0 aromatic heterocycles. The van der Waals surface area contributed by atoms with Gasteiger partial charge in [-0.3, -0.25) is 14.4 Å². The summed E-state index contributed by atoms with van der Waals surface area (Å²) in [6, 6.07) is 33.6. The molecule has 3 amide bonds. The number of carbonyl (C=O) groups is 3. The Hall–Kier alpha value is -5.68. The smallest absolute Gasteiger partial charge is 0.325 e. The SMILES string of the molecule is O=C(Nc1cccc(SC(C(=O)Nc2cccc(C(F)(F)F)c2)c2ccccc2)c1)/C(=C/c1ccccc1F)NC(=O)c1ccccc1. The number of carbonyl (C=O) groups excluding carboxylic acids is 3. The van der Waals surface area contributed by atoms with E-state index in [1.54, 1.807) is 91.0 Å². The fraction of sp³-hybridized carbons (Fsp3) is 0.0541. The van der Waals surface area contributed by atoms with Crippen molar-refractivity contribution in [2.75, 3.05) is 10.6 Å². The molecule has 1 atom stereocenters. The second kappa shape index (κ2) is 15.3. The number of benzene rings is 5. The first-order chi connectivity index (χ1) is 23.1. The summed E-state index contributed by atoms with van der Waals surface area (Å²) in [4.78, 5) is 40.5. The van der Waals surface area contributed by atoms with Crippen molar-refractivity contribution < 1.29 is 31.9 Å². The minimum absolute atomic E-state index is 0.0101. The minimum Gasteiger partial charge on any atom is -0.325 e. The van der Waals surface area contributed by atoms with Gasteiger partial charge in [-0.1, -0.05) is 78.9 Å². The number of hydrogen-bond donors (Lipinski definition) is 3. The van der Waals surface area contributed by atoms with E-state index in [2.05, 4.69) is 16.0 Å². The van der Waals surface area contributed by atoms with Gasteiger partial charge in [0.25, 0.3) is 11.8 Å². The first-order valence-corrected chi connectivity index (χ1v) is 15.4. The van der Waals surface area contributed by atoms with Crippen LogP contribution < -0.4 is 16.0 Å². The summed E-state index contributed by atoms with van der Waals surface area (Å²) in [6.07, 6.45) is -3.35. The third kappa shape index (κ3) is 8.98. The van der Waals surface area contributed by atoms with Crippen LogP contribution in [-0.4, -0.2) is 17.7 Å². The molecule has 6 nitrogen and oxygen atoms in total. The maximum atomic E-state index is 14.5. The van der Waals surface area contributed by atoms with E-state index in [4.69, 9.17) is 0 Å². The molecule has 1 unspecified atom stereocenters. The van der Waals surface area contributed by atoms with Crippen LogP contribution in [0.1, 0.15) is 32.3 Å². The Morgan fingerprint density at radius 2 is 1.31 bits per heavy atom. The summed E-state index contributed by atoms with van der Waals surface area (Å²) in [5.74, 6) is -2.45. The standard InChI is InChI=1S/C37H27F4N3O3S/c38-31-20-8-7-15-26(31)21-32(44-34(45)25-13-5-2-6-14-25)35(46)42-29-18-10-19-30(23-29)48-33(24-11-3-1-4-12-24)36(47)43-28-17-9-16-27(22-28)37(39,40)41/h1-23,33H,(H,42,46)(H,43,47)(H,44,45)/b32-21-. The quantitative estimate of drug-likeness (QED) is 0.0789. The number of amides is 3. The molecule has 0 fully saturated rings. The average Bonchev–Trinajstić information content (AvgIpc) is 3.08. The van der Waals surface area contributed by atoms with E-state index in [9.17, 15) is 31.9 Å². The van der Waals surface area contributed by atoms with Crippen LogP contribution in [0.2, 0.25) is 0 Å². The molecule has 0 aliphatic heterocycles. The molecule has 0 saturated heterocycles. The predicted octanol–water partition coefficient (Wildman–Crippen LogP) is 8.73. The van der Waals surface area contributed by atoms with Gasteiger partial charge in [0.15, 0.2) is 0 Å². The van der Waals surface area contributed by atoms with E-state index in [1.165, 1.54) is 36.4 Å². The highest BCUT2D eigenvalue weighted by atomic mass is 32.2.